The van der Waals surface area contributed by atoms with E-state index in [1.807, 2.05) is 0 Å². The third-order valence-electron chi connectivity index (χ3n) is 3.50. The Morgan fingerprint density at radius 1 is 1.50 bits per heavy atom. The number of rotatable bonds is 4. The topological polar surface area (TPSA) is 91.8 Å². The van der Waals surface area contributed by atoms with E-state index in [1.165, 1.54) is 13.1 Å². The van der Waals surface area contributed by atoms with Crippen LogP contribution in [0.5, 0.6) is 0 Å². The van der Waals surface area contributed by atoms with Crippen molar-refractivity contribution in [3.05, 3.63) is 16.5 Å². The van der Waals surface area contributed by atoms with Crippen molar-refractivity contribution in [3.63, 3.8) is 0 Å². The fourth-order valence-corrected chi connectivity index (χ4v) is 7.06. The van der Waals surface area contributed by atoms with Crippen LogP contribution in [-0.4, -0.2) is 50.8 Å². The molecule has 1 atom stereocenters. The van der Waals surface area contributed by atoms with Gasteiger partial charge in [-0.2, -0.15) is 4.31 Å². The highest BCUT2D eigenvalue weighted by Crippen LogP contribution is 2.30. The lowest BCUT2D eigenvalue weighted by atomic mass is 10.3. The highest BCUT2D eigenvalue weighted by Gasteiger charge is 2.37. The quantitative estimate of drug-likeness (QED) is 0.855. The van der Waals surface area contributed by atoms with Gasteiger partial charge in [-0.25, -0.2) is 16.8 Å². The fourth-order valence-electron chi connectivity index (χ4n) is 2.17. The van der Waals surface area contributed by atoms with Gasteiger partial charge in [-0.3, -0.25) is 0 Å². The van der Waals surface area contributed by atoms with Crippen LogP contribution >= 0.6 is 11.3 Å². The molecule has 0 saturated carbocycles. The number of thiophene rings is 1. The Morgan fingerprint density at radius 3 is 2.60 bits per heavy atom. The van der Waals surface area contributed by atoms with Gasteiger partial charge in [-0.15, -0.1) is 11.3 Å². The molecule has 20 heavy (non-hydrogen) atoms. The van der Waals surface area contributed by atoms with E-state index in [-0.39, 0.29) is 22.3 Å². The van der Waals surface area contributed by atoms with E-state index in [9.17, 15) is 16.8 Å². The molecule has 0 amide bonds. The summed E-state index contributed by atoms with van der Waals surface area (Å²) in [5.41, 5.74) is 0.725. The van der Waals surface area contributed by atoms with Gasteiger partial charge < -0.3 is 5.11 Å². The SMILES string of the molecule is Cc1cc(S(=O)(=O)N(C)C2CCS(=O)(=O)C2)sc1CO. The molecule has 1 fully saturated rings. The second kappa shape index (κ2) is 5.38. The Bertz CT molecular complexity index is 704. The van der Waals surface area contributed by atoms with Crippen LogP contribution in [0.1, 0.15) is 16.9 Å². The van der Waals surface area contributed by atoms with Crippen LogP contribution in [0.3, 0.4) is 0 Å². The summed E-state index contributed by atoms with van der Waals surface area (Å²) >= 11 is 1.02. The summed E-state index contributed by atoms with van der Waals surface area (Å²) < 4.78 is 49.2. The fraction of sp³-hybridized carbons (Fsp3) is 0.636. The van der Waals surface area contributed by atoms with Crippen molar-refractivity contribution in [2.24, 2.45) is 0 Å². The molecule has 9 heteroatoms. The molecule has 0 aromatic carbocycles. The summed E-state index contributed by atoms with van der Waals surface area (Å²) in [6.45, 7) is 1.54. The van der Waals surface area contributed by atoms with Crippen molar-refractivity contribution in [2.45, 2.75) is 30.2 Å². The summed E-state index contributed by atoms with van der Waals surface area (Å²) in [6.07, 6.45) is 0.329. The molecule has 0 aliphatic carbocycles. The van der Waals surface area contributed by atoms with Crippen molar-refractivity contribution < 1.29 is 21.9 Å². The maximum absolute atomic E-state index is 12.5. The predicted octanol–water partition coefficient (Wildman–Crippen LogP) is 0.356. The molecule has 1 aliphatic rings. The number of nitrogens with zero attached hydrogens (tertiary/aromatic N) is 1. The number of aliphatic hydroxyl groups is 1. The van der Waals surface area contributed by atoms with Gasteiger partial charge in [0.15, 0.2) is 9.84 Å². The summed E-state index contributed by atoms with van der Waals surface area (Å²) in [6, 6.07) is 1.01. The molecule has 2 rings (SSSR count). The molecular formula is C11H17NO5S3. The first-order valence-electron chi connectivity index (χ1n) is 6.06. The monoisotopic (exact) mass is 339 g/mol. The number of sulfonamides is 1. The van der Waals surface area contributed by atoms with Crippen LogP contribution < -0.4 is 0 Å². The number of sulfone groups is 1. The van der Waals surface area contributed by atoms with Crippen LogP contribution in [0.25, 0.3) is 0 Å². The third-order valence-corrected chi connectivity index (χ3v) is 8.83. The van der Waals surface area contributed by atoms with E-state index in [2.05, 4.69) is 0 Å². The minimum Gasteiger partial charge on any atom is -0.391 e. The van der Waals surface area contributed by atoms with Crippen molar-refractivity contribution >= 4 is 31.2 Å². The van der Waals surface area contributed by atoms with Crippen LogP contribution in [0, 0.1) is 6.92 Å². The molecule has 0 radical (unpaired) electrons. The largest absolute Gasteiger partial charge is 0.391 e. The van der Waals surface area contributed by atoms with Crippen molar-refractivity contribution in [2.75, 3.05) is 18.6 Å². The second-order valence-electron chi connectivity index (χ2n) is 4.91. The van der Waals surface area contributed by atoms with Gasteiger partial charge in [0.2, 0.25) is 0 Å². The molecule has 0 spiro atoms. The summed E-state index contributed by atoms with van der Waals surface area (Å²) in [4.78, 5) is 0.607. The van der Waals surface area contributed by atoms with E-state index in [0.717, 1.165) is 21.2 Å². The summed E-state index contributed by atoms with van der Waals surface area (Å²) in [5, 5.41) is 9.14. The van der Waals surface area contributed by atoms with Gasteiger partial charge in [0.25, 0.3) is 10.0 Å². The number of hydrogen-bond donors (Lipinski definition) is 1. The molecule has 1 aromatic rings. The zero-order valence-electron chi connectivity index (χ0n) is 11.2. The highest BCUT2D eigenvalue weighted by molar-refractivity contribution is 7.92. The minimum atomic E-state index is -3.71. The van der Waals surface area contributed by atoms with Gasteiger partial charge in [0, 0.05) is 18.0 Å². The molecule has 0 bridgehead atoms. The third kappa shape index (κ3) is 2.91. The van der Waals surface area contributed by atoms with Crippen molar-refractivity contribution in [1.82, 2.24) is 4.31 Å². The lowest BCUT2D eigenvalue weighted by Crippen LogP contribution is -2.37. The molecule has 114 valence electrons. The Labute approximate surface area is 123 Å². The molecule has 1 N–H and O–H groups in total. The number of hydrogen-bond acceptors (Lipinski definition) is 6. The maximum Gasteiger partial charge on any atom is 0.252 e. The van der Waals surface area contributed by atoms with Crippen molar-refractivity contribution in [1.29, 1.82) is 0 Å². The molecular weight excluding hydrogens is 322 g/mol. The average molecular weight is 339 g/mol. The zero-order chi connectivity index (χ0) is 15.1. The molecule has 1 unspecified atom stereocenters. The van der Waals surface area contributed by atoms with Crippen LogP contribution in [0.2, 0.25) is 0 Å². The highest BCUT2D eigenvalue weighted by atomic mass is 32.2. The van der Waals surface area contributed by atoms with Crippen LogP contribution in [0.15, 0.2) is 10.3 Å². The first-order chi connectivity index (χ1) is 9.17. The predicted molar refractivity (Wildman–Crippen MR) is 77.0 cm³/mol. The number of aliphatic hydroxyl groups excluding tert-OH is 1. The van der Waals surface area contributed by atoms with E-state index >= 15 is 0 Å². The second-order valence-corrected chi connectivity index (χ2v) is 10.5. The Morgan fingerprint density at radius 2 is 2.15 bits per heavy atom. The zero-order valence-corrected chi connectivity index (χ0v) is 13.7. The standard InChI is InChI=1S/C11H17NO5S3/c1-8-5-11(18-10(8)6-13)20(16,17)12(2)9-3-4-19(14,15)7-9/h5,9,13H,3-4,6-7H2,1-2H3. The van der Waals surface area contributed by atoms with Crippen molar-refractivity contribution in [3.8, 4) is 0 Å². The van der Waals surface area contributed by atoms with E-state index < -0.39 is 25.9 Å². The Hall–Kier alpha value is -0.480. The van der Waals surface area contributed by atoms with Gasteiger partial charge in [0.05, 0.1) is 18.1 Å². The Balaban J connectivity index is 2.30. The van der Waals surface area contributed by atoms with Gasteiger partial charge >= 0.3 is 0 Å². The van der Waals surface area contributed by atoms with E-state index in [1.54, 1.807) is 6.92 Å². The van der Waals surface area contributed by atoms with Gasteiger partial charge in [-0.05, 0) is 25.0 Å². The summed E-state index contributed by atoms with van der Waals surface area (Å²) in [7, 11) is -5.43. The Kier molecular flexibility index (Phi) is 4.27. The normalized spacial score (nSPS) is 22.5. The van der Waals surface area contributed by atoms with Crippen LogP contribution in [-0.2, 0) is 26.5 Å². The first kappa shape index (κ1) is 15.9. The lowest BCUT2D eigenvalue weighted by molar-refractivity contribution is 0.285. The average Bonchev–Trinajstić information content (AvgIpc) is 2.91. The maximum atomic E-state index is 12.5. The van der Waals surface area contributed by atoms with E-state index in [4.69, 9.17) is 5.11 Å². The molecule has 6 nitrogen and oxygen atoms in total. The first-order valence-corrected chi connectivity index (χ1v) is 10.1. The lowest BCUT2D eigenvalue weighted by Gasteiger charge is -2.21. The van der Waals surface area contributed by atoms with Crippen LogP contribution in [0.4, 0.5) is 0 Å². The molecule has 1 aliphatic heterocycles. The molecule has 1 saturated heterocycles. The number of aryl methyl sites for hydroxylation is 1. The minimum absolute atomic E-state index is 0.0306. The van der Waals surface area contributed by atoms with Gasteiger partial charge in [0.1, 0.15) is 4.21 Å². The van der Waals surface area contributed by atoms with E-state index in [0.29, 0.717) is 11.3 Å². The van der Waals surface area contributed by atoms with Gasteiger partial charge in [-0.1, -0.05) is 0 Å². The molecule has 1 aromatic heterocycles. The summed E-state index contributed by atoms with van der Waals surface area (Å²) in [5.74, 6) is -0.0944. The smallest absolute Gasteiger partial charge is 0.252 e. The molecule has 2 heterocycles.